The van der Waals surface area contributed by atoms with Crippen LogP contribution in [-0.2, 0) is 16.1 Å². The van der Waals surface area contributed by atoms with Gasteiger partial charge in [0.1, 0.15) is 6.61 Å². The smallest absolute Gasteiger partial charge is 0.338 e. The first-order chi connectivity index (χ1) is 15.4. The highest BCUT2D eigenvalue weighted by Crippen LogP contribution is 2.55. The number of fused-ring (bicyclic) bond motifs is 1. The third-order valence-electron chi connectivity index (χ3n) is 6.26. The quantitative estimate of drug-likeness (QED) is 0.524. The second kappa shape index (κ2) is 8.94. The fourth-order valence-corrected chi connectivity index (χ4v) is 5.41. The molecule has 170 valence electrons. The Hall–Kier alpha value is -2.87. The summed E-state index contributed by atoms with van der Waals surface area (Å²) in [6.07, 6.45) is 3.86. The van der Waals surface area contributed by atoms with Gasteiger partial charge in [0.2, 0.25) is 5.75 Å². The summed E-state index contributed by atoms with van der Waals surface area (Å²) in [5, 5.41) is 9.28. The van der Waals surface area contributed by atoms with Crippen molar-refractivity contribution in [2.45, 2.75) is 31.1 Å². The molecule has 7 nitrogen and oxygen atoms in total. The third kappa shape index (κ3) is 3.99. The number of carboxylic acids is 1. The summed E-state index contributed by atoms with van der Waals surface area (Å²) in [6.45, 7) is 0.571. The Labute approximate surface area is 191 Å². The lowest BCUT2D eigenvalue weighted by Crippen LogP contribution is -2.28. The molecule has 2 aromatic rings. The highest BCUT2D eigenvalue weighted by atomic mass is 32.2. The Morgan fingerprint density at radius 3 is 2.50 bits per heavy atom. The lowest BCUT2D eigenvalue weighted by atomic mass is 9.95. The van der Waals surface area contributed by atoms with Gasteiger partial charge in [0.25, 0.3) is 0 Å². The van der Waals surface area contributed by atoms with Gasteiger partial charge < -0.3 is 24.1 Å². The monoisotopic (exact) mass is 458 g/mol. The van der Waals surface area contributed by atoms with Gasteiger partial charge in [-0.05, 0) is 42.9 Å². The van der Waals surface area contributed by atoms with E-state index in [1.165, 1.54) is 0 Å². The van der Waals surface area contributed by atoms with Crippen molar-refractivity contribution in [3.05, 3.63) is 41.5 Å². The SMILES string of the molecule is COc1ccc(-c2cccc3c2COC3=O)c(OCC2(C(CC(=O)O)SC)CC2)c1OC. The summed E-state index contributed by atoms with van der Waals surface area (Å²) < 4.78 is 22.8. The van der Waals surface area contributed by atoms with Crippen LogP contribution >= 0.6 is 11.8 Å². The van der Waals surface area contributed by atoms with Gasteiger partial charge in [0.15, 0.2) is 11.5 Å². The number of benzene rings is 2. The van der Waals surface area contributed by atoms with Gasteiger partial charge in [-0.1, -0.05) is 12.1 Å². The standard InChI is InChI=1S/C24H26O7S/c1-28-18-8-7-15(14-5-4-6-16-17(14)12-30-23(16)27)21(22(18)29-2)31-13-24(9-10-24)19(32-3)11-20(25)26/h4-8,19H,9-13H2,1-3H3,(H,25,26). The van der Waals surface area contributed by atoms with E-state index in [2.05, 4.69) is 0 Å². The van der Waals surface area contributed by atoms with E-state index in [1.54, 1.807) is 38.1 Å². The van der Waals surface area contributed by atoms with Crippen LogP contribution in [-0.4, -0.2) is 49.4 Å². The topological polar surface area (TPSA) is 91.3 Å². The van der Waals surface area contributed by atoms with E-state index in [9.17, 15) is 14.7 Å². The Bertz CT molecular complexity index is 1040. The molecule has 1 fully saturated rings. The number of hydrogen-bond acceptors (Lipinski definition) is 7. The molecule has 4 rings (SSSR count). The molecule has 1 N–H and O–H groups in total. The average Bonchev–Trinajstić information content (AvgIpc) is 3.50. The van der Waals surface area contributed by atoms with E-state index in [0.29, 0.717) is 29.4 Å². The maximum Gasteiger partial charge on any atom is 0.338 e. The van der Waals surface area contributed by atoms with E-state index in [0.717, 1.165) is 29.5 Å². The van der Waals surface area contributed by atoms with Crippen molar-refractivity contribution in [3.8, 4) is 28.4 Å². The summed E-state index contributed by atoms with van der Waals surface area (Å²) in [4.78, 5) is 23.4. The summed E-state index contributed by atoms with van der Waals surface area (Å²) in [6, 6.07) is 9.19. The largest absolute Gasteiger partial charge is 0.493 e. The van der Waals surface area contributed by atoms with Crippen LogP contribution in [0.15, 0.2) is 30.3 Å². The van der Waals surface area contributed by atoms with Gasteiger partial charge in [-0.2, -0.15) is 11.8 Å². The molecule has 1 unspecified atom stereocenters. The molecule has 1 saturated carbocycles. The van der Waals surface area contributed by atoms with E-state index in [4.69, 9.17) is 18.9 Å². The van der Waals surface area contributed by atoms with Crippen LogP contribution in [0, 0.1) is 5.41 Å². The predicted octanol–water partition coefficient (Wildman–Crippen LogP) is 4.41. The first-order valence-electron chi connectivity index (χ1n) is 10.4. The molecule has 0 bridgehead atoms. The summed E-state index contributed by atoms with van der Waals surface area (Å²) in [5.41, 5.74) is 2.77. The fourth-order valence-electron chi connectivity index (χ4n) is 4.30. The van der Waals surface area contributed by atoms with Crippen LogP contribution in [0.2, 0.25) is 0 Å². The Kier molecular flexibility index (Phi) is 6.24. The molecule has 0 aromatic heterocycles. The molecule has 8 heteroatoms. The van der Waals surface area contributed by atoms with E-state index >= 15 is 0 Å². The molecule has 1 aliphatic carbocycles. The van der Waals surface area contributed by atoms with E-state index in [-0.39, 0.29) is 29.7 Å². The molecule has 2 aliphatic rings. The molecule has 1 atom stereocenters. The number of carboxylic acid groups (broad SMARTS) is 1. The Balaban J connectivity index is 1.73. The number of cyclic esters (lactones) is 1. The minimum Gasteiger partial charge on any atom is -0.493 e. The maximum absolute atomic E-state index is 12.1. The predicted molar refractivity (Wildman–Crippen MR) is 121 cm³/mol. The van der Waals surface area contributed by atoms with Gasteiger partial charge in [0.05, 0.1) is 32.8 Å². The molecular formula is C24H26O7S. The van der Waals surface area contributed by atoms with Crippen LogP contribution < -0.4 is 14.2 Å². The molecule has 0 radical (unpaired) electrons. The van der Waals surface area contributed by atoms with E-state index < -0.39 is 5.97 Å². The van der Waals surface area contributed by atoms with Gasteiger partial charge in [-0.3, -0.25) is 4.79 Å². The minimum atomic E-state index is -0.806. The number of esters is 1. The summed E-state index contributed by atoms with van der Waals surface area (Å²) in [7, 11) is 3.12. The van der Waals surface area contributed by atoms with E-state index in [1.807, 2.05) is 24.5 Å². The van der Waals surface area contributed by atoms with Gasteiger partial charge in [0, 0.05) is 21.8 Å². The second-order valence-electron chi connectivity index (χ2n) is 8.06. The lowest BCUT2D eigenvalue weighted by molar-refractivity contribution is -0.137. The highest BCUT2D eigenvalue weighted by molar-refractivity contribution is 7.99. The van der Waals surface area contributed by atoms with Gasteiger partial charge in [-0.25, -0.2) is 4.79 Å². The Morgan fingerprint density at radius 2 is 1.88 bits per heavy atom. The number of aliphatic carboxylic acids is 1. The maximum atomic E-state index is 12.1. The zero-order valence-corrected chi connectivity index (χ0v) is 19.1. The minimum absolute atomic E-state index is 0.0351. The zero-order valence-electron chi connectivity index (χ0n) is 18.3. The normalized spacial score (nSPS) is 16.7. The van der Waals surface area contributed by atoms with Crippen molar-refractivity contribution in [1.82, 2.24) is 0 Å². The van der Waals surface area contributed by atoms with Gasteiger partial charge >= 0.3 is 11.9 Å². The first-order valence-corrected chi connectivity index (χ1v) is 11.6. The van der Waals surface area contributed by atoms with Crippen LogP contribution in [0.1, 0.15) is 35.2 Å². The van der Waals surface area contributed by atoms with Crippen molar-refractivity contribution in [2.24, 2.45) is 5.41 Å². The highest BCUT2D eigenvalue weighted by Gasteiger charge is 2.50. The van der Waals surface area contributed by atoms with Crippen molar-refractivity contribution >= 4 is 23.7 Å². The van der Waals surface area contributed by atoms with Crippen LogP contribution in [0.25, 0.3) is 11.1 Å². The number of rotatable bonds is 10. The van der Waals surface area contributed by atoms with Crippen LogP contribution in [0.5, 0.6) is 17.2 Å². The summed E-state index contributed by atoms with van der Waals surface area (Å²) in [5.74, 6) is 0.365. The second-order valence-corrected chi connectivity index (χ2v) is 9.10. The average molecular weight is 459 g/mol. The van der Waals surface area contributed by atoms with Gasteiger partial charge in [-0.15, -0.1) is 0 Å². The van der Waals surface area contributed by atoms with Crippen LogP contribution in [0.3, 0.4) is 0 Å². The number of methoxy groups -OCH3 is 2. The van der Waals surface area contributed by atoms with Crippen molar-refractivity contribution < 1.29 is 33.6 Å². The molecule has 0 spiro atoms. The molecule has 32 heavy (non-hydrogen) atoms. The molecule has 0 amide bonds. The number of hydrogen-bond donors (Lipinski definition) is 1. The molecule has 2 aromatic carbocycles. The third-order valence-corrected chi connectivity index (χ3v) is 7.49. The van der Waals surface area contributed by atoms with Crippen molar-refractivity contribution in [1.29, 1.82) is 0 Å². The van der Waals surface area contributed by atoms with Crippen molar-refractivity contribution in [2.75, 3.05) is 27.1 Å². The lowest BCUT2D eigenvalue weighted by Gasteiger charge is -2.26. The number of carbonyl (C=O) groups is 2. The van der Waals surface area contributed by atoms with Crippen LogP contribution in [0.4, 0.5) is 0 Å². The number of ether oxygens (including phenoxy) is 4. The molecule has 1 aliphatic heterocycles. The molecule has 0 saturated heterocycles. The molecule has 1 heterocycles. The summed E-state index contributed by atoms with van der Waals surface area (Å²) >= 11 is 1.57. The molecular weight excluding hydrogens is 432 g/mol. The fraction of sp³-hybridized carbons (Fsp3) is 0.417. The number of carbonyl (C=O) groups excluding carboxylic acids is 1. The number of thioether (sulfide) groups is 1. The first kappa shape index (κ1) is 22.3. The zero-order chi connectivity index (χ0) is 22.9. The Morgan fingerprint density at radius 1 is 1.12 bits per heavy atom. The van der Waals surface area contributed by atoms with Crippen molar-refractivity contribution in [3.63, 3.8) is 0 Å².